The Morgan fingerprint density at radius 3 is 2.19 bits per heavy atom. The maximum atomic E-state index is 13.1. The predicted octanol–water partition coefficient (Wildman–Crippen LogP) is 5.07. The summed E-state index contributed by atoms with van der Waals surface area (Å²) in [7, 11) is 3.48. The second-order valence-corrected chi connectivity index (χ2v) is 8.01. The molecular weight excluding hydrogens is 410 g/mol. The quantitative estimate of drug-likeness (QED) is 0.544. The second-order valence-electron chi connectivity index (χ2n) is 7.60. The van der Waals surface area contributed by atoms with Gasteiger partial charge in [0.1, 0.15) is 6.04 Å². The molecule has 1 atom stereocenters. The first-order valence-electron chi connectivity index (χ1n) is 10.0. The van der Waals surface area contributed by atoms with Crippen LogP contribution in [0.4, 0.5) is 11.4 Å². The van der Waals surface area contributed by atoms with Crippen molar-refractivity contribution in [2.24, 2.45) is 0 Å². The first-order valence-corrected chi connectivity index (χ1v) is 10.4. The third kappa shape index (κ3) is 6.09. The summed E-state index contributed by atoms with van der Waals surface area (Å²) in [6, 6.07) is 21.9. The van der Waals surface area contributed by atoms with Gasteiger partial charge in [0.15, 0.2) is 0 Å². The van der Waals surface area contributed by atoms with Gasteiger partial charge in [-0.25, -0.2) is 0 Å². The third-order valence-electron chi connectivity index (χ3n) is 4.95. The summed E-state index contributed by atoms with van der Waals surface area (Å²) in [5.74, 6) is -0.156. The van der Waals surface area contributed by atoms with Gasteiger partial charge in [0.2, 0.25) is 5.91 Å². The standard InChI is InChI=1S/C25H26ClN3O2/c1-17-9-12-21(16-22(17)26)28-25(31)24(19-7-5-4-6-8-19)27-20-13-10-18(11-14-20)15-23(30)29(2)3/h4-14,16,24,27H,15H2,1-3H3,(H,28,31). The fraction of sp³-hybridized carbons (Fsp3) is 0.200. The first kappa shape index (κ1) is 22.4. The maximum absolute atomic E-state index is 13.1. The fourth-order valence-corrected chi connectivity index (χ4v) is 3.23. The van der Waals surface area contributed by atoms with Crippen molar-refractivity contribution >= 4 is 34.8 Å². The highest BCUT2D eigenvalue weighted by Gasteiger charge is 2.21. The molecule has 0 saturated heterocycles. The minimum atomic E-state index is -0.601. The van der Waals surface area contributed by atoms with Gasteiger partial charge in [-0.3, -0.25) is 9.59 Å². The molecule has 2 amide bonds. The second kappa shape index (κ2) is 10.1. The van der Waals surface area contributed by atoms with Crippen molar-refractivity contribution in [3.63, 3.8) is 0 Å². The molecule has 1 unspecified atom stereocenters. The van der Waals surface area contributed by atoms with E-state index in [0.717, 1.165) is 22.4 Å². The van der Waals surface area contributed by atoms with E-state index in [9.17, 15) is 9.59 Å². The Balaban J connectivity index is 1.79. The molecule has 3 aromatic carbocycles. The number of benzene rings is 3. The fourth-order valence-electron chi connectivity index (χ4n) is 3.05. The van der Waals surface area contributed by atoms with E-state index in [1.807, 2.05) is 73.7 Å². The van der Waals surface area contributed by atoms with Gasteiger partial charge in [-0.2, -0.15) is 0 Å². The number of carbonyl (C=O) groups is 2. The number of halogens is 1. The highest BCUT2D eigenvalue weighted by Crippen LogP contribution is 2.24. The Bertz CT molecular complexity index is 1050. The molecule has 5 nitrogen and oxygen atoms in total. The van der Waals surface area contributed by atoms with Gasteiger partial charge >= 0.3 is 0 Å². The molecule has 0 heterocycles. The van der Waals surface area contributed by atoms with Crippen LogP contribution in [0.3, 0.4) is 0 Å². The van der Waals surface area contributed by atoms with Crippen LogP contribution in [0.25, 0.3) is 0 Å². The van der Waals surface area contributed by atoms with Crippen LogP contribution in [0.5, 0.6) is 0 Å². The number of carbonyl (C=O) groups excluding carboxylic acids is 2. The molecule has 0 spiro atoms. The average Bonchev–Trinajstić information content (AvgIpc) is 2.76. The van der Waals surface area contributed by atoms with Crippen molar-refractivity contribution in [1.82, 2.24) is 4.90 Å². The molecule has 2 N–H and O–H groups in total. The number of aryl methyl sites for hydroxylation is 1. The normalized spacial score (nSPS) is 11.5. The van der Waals surface area contributed by atoms with Gasteiger partial charge < -0.3 is 15.5 Å². The maximum Gasteiger partial charge on any atom is 0.251 e. The van der Waals surface area contributed by atoms with Gasteiger partial charge in [-0.1, -0.05) is 60.1 Å². The summed E-state index contributed by atoms with van der Waals surface area (Å²) < 4.78 is 0. The first-order chi connectivity index (χ1) is 14.8. The molecule has 0 aliphatic heterocycles. The van der Waals surface area contributed by atoms with Crippen molar-refractivity contribution in [3.8, 4) is 0 Å². The Morgan fingerprint density at radius 2 is 1.58 bits per heavy atom. The molecule has 31 heavy (non-hydrogen) atoms. The molecular formula is C25H26ClN3O2. The Kier molecular flexibility index (Phi) is 7.32. The zero-order valence-corrected chi connectivity index (χ0v) is 18.6. The van der Waals surface area contributed by atoms with E-state index in [1.165, 1.54) is 0 Å². The van der Waals surface area contributed by atoms with Crippen LogP contribution in [0.1, 0.15) is 22.7 Å². The van der Waals surface area contributed by atoms with Crippen molar-refractivity contribution < 1.29 is 9.59 Å². The minimum absolute atomic E-state index is 0.0407. The summed E-state index contributed by atoms with van der Waals surface area (Å²) in [5.41, 5.74) is 4.13. The van der Waals surface area contributed by atoms with Gasteiger partial charge in [0.05, 0.1) is 6.42 Å². The number of nitrogens with one attached hydrogen (secondary N) is 2. The lowest BCUT2D eigenvalue weighted by molar-refractivity contribution is -0.128. The highest BCUT2D eigenvalue weighted by molar-refractivity contribution is 6.31. The lowest BCUT2D eigenvalue weighted by atomic mass is 10.0. The molecule has 3 aromatic rings. The van der Waals surface area contributed by atoms with Crippen LogP contribution in [0, 0.1) is 6.92 Å². The monoisotopic (exact) mass is 435 g/mol. The Hall–Kier alpha value is -3.31. The van der Waals surface area contributed by atoms with Crippen LogP contribution in [-0.2, 0) is 16.0 Å². The summed E-state index contributed by atoms with van der Waals surface area (Å²) in [6.07, 6.45) is 0.337. The molecule has 0 aliphatic carbocycles. The molecule has 0 radical (unpaired) electrons. The molecule has 0 saturated carbocycles. The van der Waals surface area contributed by atoms with E-state index >= 15 is 0 Å². The molecule has 0 aromatic heterocycles. The molecule has 3 rings (SSSR count). The highest BCUT2D eigenvalue weighted by atomic mass is 35.5. The molecule has 160 valence electrons. The van der Waals surface area contributed by atoms with E-state index in [2.05, 4.69) is 10.6 Å². The van der Waals surface area contributed by atoms with E-state index in [4.69, 9.17) is 11.6 Å². The van der Waals surface area contributed by atoms with Crippen LogP contribution in [-0.4, -0.2) is 30.8 Å². The number of likely N-dealkylation sites (N-methyl/N-ethyl adjacent to an activating group) is 1. The number of nitrogens with zero attached hydrogens (tertiary/aromatic N) is 1. The van der Waals surface area contributed by atoms with Crippen molar-refractivity contribution in [2.45, 2.75) is 19.4 Å². The predicted molar refractivity (Wildman–Crippen MR) is 126 cm³/mol. The molecule has 0 bridgehead atoms. The van der Waals surface area contributed by atoms with Gasteiger partial charge in [0, 0.05) is 30.5 Å². The van der Waals surface area contributed by atoms with Crippen LogP contribution in [0.2, 0.25) is 5.02 Å². The SMILES string of the molecule is Cc1ccc(NC(=O)C(Nc2ccc(CC(=O)N(C)C)cc2)c2ccccc2)cc1Cl. The van der Waals surface area contributed by atoms with Gasteiger partial charge in [-0.15, -0.1) is 0 Å². The zero-order chi connectivity index (χ0) is 22.4. The number of amides is 2. The van der Waals surface area contributed by atoms with E-state index in [-0.39, 0.29) is 11.8 Å². The third-order valence-corrected chi connectivity index (χ3v) is 5.36. The van der Waals surface area contributed by atoms with E-state index in [1.54, 1.807) is 25.1 Å². The van der Waals surface area contributed by atoms with Crippen LogP contribution >= 0.6 is 11.6 Å². The lowest BCUT2D eigenvalue weighted by Crippen LogP contribution is -2.27. The minimum Gasteiger partial charge on any atom is -0.370 e. The smallest absolute Gasteiger partial charge is 0.251 e. The molecule has 0 aliphatic rings. The van der Waals surface area contributed by atoms with Crippen LogP contribution in [0.15, 0.2) is 72.8 Å². The summed E-state index contributed by atoms with van der Waals surface area (Å²) in [5, 5.41) is 6.85. The van der Waals surface area contributed by atoms with Crippen molar-refractivity contribution in [3.05, 3.63) is 94.5 Å². The summed E-state index contributed by atoms with van der Waals surface area (Å²) in [6.45, 7) is 1.91. The summed E-state index contributed by atoms with van der Waals surface area (Å²) >= 11 is 6.20. The Morgan fingerprint density at radius 1 is 0.935 bits per heavy atom. The van der Waals surface area contributed by atoms with Crippen molar-refractivity contribution in [1.29, 1.82) is 0 Å². The Labute approximate surface area is 188 Å². The number of hydrogen-bond acceptors (Lipinski definition) is 3. The number of rotatable bonds is 7. The molecule has 0 fully saturated rings. The van der Waals surface area contributed by atoms with E-state index in [0.29, 0.717) is 17.1 Å². The molecule has 6 heteroatoms. The summed E-state index contributed by atoms with van der Waals surface area (Å²) in [4.78, 5) is 26.6. The zero-order valence-electron chi connectivity index (χ0n) is 17.9. The van der Waals surface area contributed by atoms with Gasteiger partial charge in [0.25, 0.3) is 5.91 Å². The lowest BCUT2D eigenvalue weighted by Gasteiger charge is -2.20. The topological polar surface area (TPSA) is 61.4 Å². The van der Waals surface area contributed by atoms with E-state index < -0.39 is 6.04 Å². The van der Waals surface area contributed by atoms with Gasteiger partial charge in [-0.05, 0) is 47.9 Å². The van der Waals surface area contributed by atoms with Crippen molar-refractivity contribution in [2.75, 3.05) is 24.7 Å². The largest absolute Gasteiger partial charge is 0.370 e. The average molecular weight is 436 g/mol. The number of hydrogen-bond donors (Lipinski definition) is 2. The van der Waals surface area contributed by atoms with Crippen LogP contribution < -0.4 is 10.6 Å². The number of anilines is 2.